The Balaban J connectivity index is 2.32. The molecular weight excluding hydrogens is 228 g/mol. The van der Waals surface area contributed by atoms with E-state index in [1.165, 1.54) is 0 Å². The Kier molecular flexibility index (Phi) is 5.59. The zero-order valence-corrected chi connectivity index (χ0v) is 9.02. The van der Waals surface area contributed by atoms with Crippen molar-refractivity contribution in [2.45, 2.75) is 12.6 Å². The molecule has 7 heteroatoms. The Hall–Kier alpha value is -2.02. The summed E-state index contributed by atoms with van der Waals surface area (Å²) in [6.45, 7) is -0.234. The first-order chi connectivity index (χ1) is 8.24. The molecule has 0 heterocycles. The molecule has 1 aromatic carbocycles. The van der Waals surface area contributed by atoms with Crippen molar-refractivity contribution in [1.29, 1.82) is 0 Å². The Morgan fingerprint density at radius 3 is 2.59 bits per heavy atom. The lowest BCUT2D eigenvalue weighted by atomic mass is 10.2. The molecule has 0 aliphatic heterocycles. The third-order valence-corrected chi connectivity index (χ3v) is 2.04. The van der Waals surface area contributed by atoms with Crippen LogP contribution in [0.5, 0.6) is 0 Å². The SMILES string of the molecule is O=NOCC(COCc1ccccc1)[N+](=O)[O-]. The van der Waals surface area contributed by atoms with Gasteiger partial charge in [0.2, 0.25) is 0 Å². The highest BCUT2D eigenvalue weighted by molar-refractivity contribution is 5.13. The molecule has 0 fully saturated rings. The highest BCUT2D eigenvalue weighted by atomic mass is 16.7. The summed E-state index contributed by atoms with van der Waals surface area (Å²) >= 11 is 0. The van der Waals surface area contributed by atoms with Crippen molar-refractivity contribution in [3.8, 4) is 0 Å². The van der Waals surface area contributed by atoms with E-state index >= 15 is 0 Å². The quantitative estimate of drug-likeness (QED) is 0.390. The van der Waals surface area contributed by atoms with Crippen molar-refractivity contribution in [2.24, 2.45) is 5.34 Å². The van der Waals surface area contributed by atoms with E-state index in [-0.39, 0.29) is 19.8 Å². The molecule has 0 saturated heterocycles. The van der Waals surface area contributed by atoms with Gasteiger partial charge in [-0.05, 0) is 5.56 Å². The molecule has 0 aliphatic rings. The molecule has 1 unspecified atom stereocenters. The first-order valence-corrected chi connectivity index (χ1v) is 4.94. The van der Waals surface area contributed by atoms with Gasteiger partial charge in [0, 0.05) is 4.92 Å². The minimum Gasteiger partial charge on any atom is -0.369 e. The Labute approximate surface area is 97.4 Å². The maximum Gasteiger partial charge on any atom is 0.272 e. The Bertz CT molecular complexity index is 357. The summed E-state index contributed by atoms with van der Waals surface area (Å²) in [6, 6.07) is 8.19. The van der Waals surface area contributed by atoms with Gasteiger partial charge >= 0.3 is 0 Å². The fourth-order valence-electron chi connectivity index (χ4n) is 1.17. The number of ether oxygens (including phenoxy) is 1. The van der Waals surface area contributed by atoms with Gasteiger partial charge in [0.1, 0.15) is 6.61 Å². The van der Waals surface area contributed by atoms with E-state index in [9.17, 15) is 15.0 Å². The second kappa shape index (κ2) is 7.29. The second-order valence-electron chi connectivity index (χ2n) is 3.31. The summed E-state index contributed by atoms with van der Waals surface area (Å²) in [7, 11) is 0. The number of rotatable bonds is 8. The average Bonchev–Trinajstić information content (AvgIpc) is 2.34. The van der Waals surface area contributed by atoms with Gasteiger partial charge in [-0.2, -0.15) is 0 Å². The van der Waals surface area contributed by atoms with Crippen LogP contribution >= 0.6 is 0 Å². The van der Waals surface area contributed by atoms with Gasteiger partial charge in [-0.1, -0.05) is 30.3 Å². The lowest BCUT2D eigenvalue weighted by Gasteiger charge is -2.08. The van der Waals surface area contributed by atoms with Crippen molar-refractivity contribution in [1.82, 2.24) is 0 Å². The van der Waals surface area contributed by atoms with Gasteiger partial charge in [-0.3, -0.25) is 10.1 Å². The van der Waals surface area contributed by atoms with Crippen LogP contribution in [0, 0.1) is 15.0 Å². The summed E-state index contributed by atoms with van der Waals surface area (Å²) in [5, 5.41) is 12.7. The molecule has 7 nitrogen and oxygen atoms in total. The van der Waals surface area contributed by atoms with Gasteiger partial charge in [0.15, 0.2) is 11.9 Å². The third-order valence-electron chi connectivity index (χ3n) is 2.04. The van der Waals surface area contributed by atoms with Crippen LogP contribution in [0.3, 0.4) is 0 Å². The highest BCUT2D eigenvalue weighted by Gasteiger charge is 2.21. The second-order valence-corrected chi connectivity index (χ2v) is 3.31. The molecule has 0 spiro atoms. The van der Waals surface area contributed by atoms with E-state index in [4.69, 9.17) is 4.74 Å². The maximum atomic E-state index is 10.5. The van der Waals surface area contributed by atoms with Crippen molar-refractivity contribution in [3.05, 3.63) is 50.9 Å². The number of nitro groups is 1. The molecule has 0 amide bonds. The highest BCUT2D eigenvalue weighted by Crippen LogP contribution is 2.02. The van der Waals surface area contributed by atoms with Gasteiger partial charge in [0.25, 0.3) is 6.04 Å². The van der Waals surface area contributed by atoms with E-state index in [1.54, 1.807) is 0 Å². The summed E-state index contributed by atoms with van der Waals surface area (Å²) in [5.74, 6) is 0. The van der Waals surface area contributed by atoms with Gasteiger partial charge in [-0.25, -0.2) is 0 Å². The van der Waals surface area contributed by atoms with Crippen LogP contribution in [0.2, 0.25) is 0 Å². The minimum atomic E-state index is -1.09. The standard InChI is InChI=1S/C10H12N2O5/c13-11-17-8-10(12(14)15)7-16-6-9-4-2-1-3-5-9/h1-5,10H,6-8H2. The number of hydrogen-bond acceptors (Lipinski definition) is 6. The Morgan fingerprint density at radius 2 is 2.00 bits per heavy atom. The smallest absolute Gasteiger partial charge is 0.272 e. The molecule has 17 heavy (non-hydrogen) atoms. The van der Waals surface area contributed by atoms with Crippen molar-refractivity contribution in [2.75, 3.05) is 13.2 Å². The van der Waals surface area contributed by atoms with Crippen LogP contribution in [0.25, 0.3) is 0 Å². The fraction of sp³-hybridized carbons (Fsp3) is 0.400. The minimum absolute atomic E-state index is 0.128. The summed E-state index contributed by atoms with van der Waals surface area (Å²) in [5.41, 5.74) is 0.920. The van der Waals surface area contributed by atoms with Crippen LogP contribution in [0.15, 0.2) is 35.7 Å². The lowest BCUT2D eigenvalue weighted by molar-refractivity contribution is -0.531. The molecule has 0 N–H and O–H groups in total. The third kappa shape index (κ3) is 5.03. The lowest BCUT2D eigenvalue weighted by Crippen LogP contribution is -2.29. The molecule has 1 atom stereocenters. The van der Waals surface area contributed by atoms with Gasteiger partial charge < -0.3 is 9.57 Å². The first-order valence-electron chi connectivity index (χ1n) is 4.94. The Morgan fingerprint density at radius 1 is 1.29 bits per heavy atom. The average molecular weight is 240 g/mol. The molecule has 1 aromatic rings. The van der Waals surface area contributed by atoms with Gasteiger partial charge in [-0.15, -0.1) is 4.91 Å². The zero-order valence-electron chi connectivity index (χ0n) is 9.02. The maximum absolute atomic E-state index is 10.5. The first kappa shape index (κ1) is 13.0. The summed E-state index contributed by atoms with van der Waals surface area (Å²) in [6.07, 6.45) is 0. The van der Waals surface area contributed by atoms with E-state index in [0.29, 0.717) is 0 Å². The van der Waals surface area contributed by atoms with E-state index < -0.39 is 11.0 Å². The van der Waals surface area contributed by atoms with Crippen LogP contribution < -0.4 is 0 Å². The normalized spacial score (nSPS) is 11.8. The van der Waals surface area contributed by atoms with Crippen LogP contribution in [-0.2, 0) is 16.2 Å². The summed E-state index contributed by atoms with van der Waals surface area (Å²) < 4.78 is 5.17. The zero-order chi connectivity index (χ0) is 12.5. The number of hydrogen-bond donors (Lipinski definition) is 0. The topological polar surface area (TPSA) is 91.0 Å². The van der Waals surface area contributed by atoms with Crippen LogP contribution in [0.4, 0.5) is 0 Å². The van der Waals surface area contributed by atoms with E-state index in [2.05, 4.69) is 10.2 Å². The van der Waals surface area contributed by atoms with Gasteiger partial charge in [0.05, 0.1) is 6.61 Å². The predicted octanol–water partition coefficient (Wildman–Crippen LogP) is 1.55. The van der Waals surface area contributed by atoms with Crippen molar-refractivity contribution in [3.63, 3.8) is 0 Å². The van der Waals surface area contributed by atoms with Crippen LogP contribution in [-0.4, -0.2) is 24.2 Å². The largest absolute Gasteiger partial charge is 0.369 e. The number of nitrogens with zero attached hydrogens (tertiary/aromatic N) is 2. The van der Waals surface area contributed by atoms with Crippen molar-refractivity contribution >= 4 is 0 Å². The van der Waals surface area contributed by atoms with Crippen LogP contribution in [0.1, 0.15) is 5.56 Å². The van der Waals surface area contributed by atoms with Crippen molar-refractivity contribution < 1.29 is 14.5 Å². The number of benzene rings is 1. The fourth-order valence-corrected chi connectivity index (χ4v) is 1.17. The predicted molar refractivity (Wildman–Crippen MR) is 58.6 cm³/mol. The molecule has 0 bridgehead atoms. The molecule has 0 saturated carbocycles. The molecule has 0 aliphatic carbocycles. The monoisotopic (exact) mass is 240 g/mol. The molecular formula is C10H12N2O5. The summed E-state index contributed by atoms with van der Waals surface area (Å²) in [4.78, 5) is 23.8. The van der Waals surface area contributed by atoms with E-state index in [0.717, 1.165) is 5.56 Å². The molecule has 1 rings (SSSR count). The van der Waals surface area contributed by atoms with E-state index in [1.807, 2.05) is 30.3 Å². The molecule has 0 aromatic heterocycles. The molecule has 0 radical (unpaired) electrons. The molecule has 92 valence electrons.